The minimum Gasteiger partial charge on any atom is -0.493 e. The van der Waals surface area contributed by atoms with E-state index in [1.54, 1.807) is 18.2 Å². The van der Waals surface area contributed by atoms with Crippen molar-refractivity contribution in [2.75, 3.05) is 14.2 Å². The van der Waals surface area contributed by atoms with Gasteiger partial charge in [0.2, 0.25) is 0 Å². The summed E-state index contributed by atoms with van der Waals surface area (Å²) in [6.45, 7) is 0.0582. The van der Waals surface area contributed by atoms with Gasteiger partial charge in [-0.2, -0.15) is 0 Å². The van der Waals surface area contributed by atoms with E-state index >= 15 is 0 Å². The van der Waals surface area contributed by atoms with E-state index < -0.39 is 5.43 Å². The van der Waals surface area contributed by atoms with E-state index in [2.05, 4.69) is 4.74 Å². The molecule has 1 aromatic rings. The molecule has 0 atom stereocenters. The Kier molecular flexibility index (Phi) is 4.24. The number of rotatable bonds is 4. The van der Waals surface area contributed by atoms with Crippen LogP contribution < -0.4 is 9.47 Å². The number of hydrogen-bond acceptors (Lipinski definition) is 4. The van der Waals surface area contributed by atoms with Gasteiger partial charge in [0.15, 0.2) is 11.5 Å². The molecule has 15 heavy (non-hydrogen) atoms. The van der Waals surface area contributed by atoms with Crippen LogP contribution in [-0.4, -0.2) is 19.6 Å². The molecule has 0 unspecified atom stereocenters. The van der Waals surface area contributed by atoms with Gasteiger partial charge in [0.25, 0.3) is 0 Å². The zero-order chi connectivity index (χ0) is 11.3. The standard InChI is InChI=1S/C10H11ClO4/c1-13-8-5-3-4-7(9(8)14-2)6-15-10(11)12/h3-5H,6H2,1-2H3. The summed E-state index contributed by atoms with van der Waals surface area (Å²) in [5, 5.41) is 0. The highest BCUT2D eigenvalue weighted by Gasteiger charge is 2.10. The Morgan fingerprint density at radius 1 is 1.33 bits per heavy atom. The van der Waals surface area contributed by atoms with Crippen molar-refractivity contribution >= 4 is 17.0 Å². The van der Waals surface area contributed by atoms with Crippen LogP contribution in [0.3, 0.4) is 0 Å². The third-order valence-electron chi connectivity index (χ3n) is 1.83. The highest BCUT2D eigenvalue weighted by molar-refractivity contribution is 6.61. The van der Waals surface area contributed by atoms with Crippen molar-refractivity contribution in [3.05, 3.63) is 23.8 Å². The summed E-state index contributed by atoms with van der Waals surface area (Å²) < 4.78 is 14.9. The molecule has 1 rings (SSSR count). The monoisotopic (exact) mass is 230 g/mol. The van der Waals surface area contributed by atoms with E-state index in [9.17, 15) is 4.79 Å². The van der Waals surface area contributed by atoms with Crippen LogP contribution in [-0.2, 0) is 11.3 Å². The predicted molar refractivity (Wildman–Crippen MR) is 55.6 cm³/mol. The molecule has 0 aliphatic heterocycles. The van der Waals surface area contributed by atoms with Gasteiger partial charge in [-0.25, -0.2) is 4.79 Å². The molecule has 0 heterocycles. The number of para-hydroxylation sites is 1. The van der Waals surface area contributed by atoms with Gasteiger partial charge in [-0.1, -0.05) is 12.1 Å². The third-order valence-corrected chi connectivity index (χ3v) is 1.93. The molecule has 0 aromatic heterocycles. The van der Waals surface area contributed by atoms with E-state index in [-0.39, 0.29) is 6.61 Å². The number of carbonyl (C=O) groups excluding carboxylic acids is 1. The molecule has 0 spiro atoms. The maximum absolute atomic E-state index is 10.4. The summed E-state index contributed by atoms with van der Waals surface area (Å²) in [6.07, 6.45) is 0. The van der Waals surface area contributed by atoms with Crippen LogP contribution in [0.25, 0.3) is 0 Å². The Bertz CT molecular complexity index is 351. The zero-order valence-electron chi connectivity index (χ0n) is 8.45. The predicted octanol–water partition coefficient (Wildman–Crippen LogP) is 2.58. The molecule has 5 heteroatoms. The molecule has 0 N–H and O–H groups in total. The molecule has 0 fully saturated rings. The maximum Gasteiger partial charge on any atom is 0.404 e. The molecule has 0 aliphatic rings. The van der Waals surface area contributed by atoms with E-state index in [4.69, 9.17) is 21.1 Å². The average molecular weight is 231 g/mol. The van der Waals surface area contributed by atoms with Crippen molar-refractivity contribution in [1.29, 1.82) is 0 Å². The van der Waals surface area contributed by atoms with Gasteiger partial charge in [0.05, 0.1) is 14.2 Å². The van der Waals surface area contributed by atoms with Gasteiger partial charge in [-0.05, 0) is 6.07 Å². The zero-order valence-corrected chi connectivity index (χ0v) is 9.21. The van der Waals surface area contributed by atoms with E-state index in [1.807, 2.05) is 0 Å². The smallest absolute Gasteiger partial charge is 0.404 e. The fraction of sp³-hybridized carbons (Fsp3) is 0.300. The Morgan fingerprint density at radius 3 is 2.60 bits per heavy atom. The molecule has 0 saturated carbocycles. The number of carbonyl (C=O) groups is 1. The molecule has 0 amide bonds. The molecule has 0 saturated heterocycles. The lowest BCUT2D eigenvalue weighted by molar-refractivity contribution is 0.165. The van der Waals surface area contributed by atoms with Crippen LogP contribution in [0.15, 0.2) is 18.2 Å². The molecule has 4 nitrogen and oxygen atoms in total. The highest BCUT2D eigenvalue weighted by atomic mass is 35.5. The lowest BCUT2D eigenvalue weighted by Gasteiger charge is -2.11. The van der Waals surface area contributed by atoms with Crippen LogP contribution in [0.1, 0.15) is 5.56 Å². The van der Waals surface area contributed by atoms with Crippen molar-refractivity contribution in [2.45, 2.75) is 6.61 Å². The molecular formula is C10H11ClO4. The van der Waals surface area contributed by atoms with Crippen molar-refractivity contribution in [3.63, 3.8) is 0 Å². The molecule has 0 radical (unpaired) electrons. The SMILES string of the molecule is COc1cccc(COC(=O)Cl)c1OC. The summed E-state index contributed by atoms with van der Waals surface area (Å²) >= 11 is 5.06. The van der Waals surface area contributed by atoms with Crippen LogP contribution in [0.2, 0.25) is 0 Å². The Labute approximate surface area is 92.7 Å². The first-order valence-corrected chi connectivity index (χ1v) is 4.59. The Morgan fingerprint density at radius 2 is 2.07 bits per heavy atom. The second kappa shape index (κ2) is 5.46. The first-order valence-electron chi connectivity index (χ1n) is 4.21. The van der Waals surface area contributed by atoms with Gasteiger partial charge < -0.3 is 14.2 Å². The number of methoxy groups -OCH3 is 2. The number of benzene rings is 1. The van der Waals surface area contributed by atoms with Gasteiger partial charge >= 0.3 is 5.43 Å². The lowest BCUT2D eigenvalue weighted by Crippen LogP contribution is -1.99. The van der Waals surface area contributed by atoms with Crippen molar-refractivity contribution in [3.8, 4) is 11.5 Å². The quantitative estimate of drug-likeness (QED) is 0.746. The molecule has 0 aliphatic carbocycles. The second-order valence-corrected chi connectivity index (χ2v) is 2.99. The van der Waals surface area contributed by atoms with Gasteiger partial charge in [-0.15, -0.1) is 0 Å². The minimum atomic E-state index is -0.847. The average Bonchev–Trinajstić information content (AvgIpc) is 2.25. The van der Waals surface area contributed by atoms with Gasteiger partial charge in [0.1, 0.15) is 6.61 Å². The van der Waals surface area contributed by atoms with Gasteiger partial charge in [0, 0.05) is 17.2 Å². The topological polar surface area (TPSA) is 44.8 Å². The largest absolute Gasteiger partial charge is 0.493 e. The number of hydrogen-bond donors (Lipinski definition) is 0. The Balaban J connectivity index is 2.90. The molecule has 0 bridgehead atoms. The summed E-state index contributed by atoms with van der Waals surface area (Å²) in [7, 11) is 3.05. The minimum absolute atomic E-state index is 0.0582. The lowest BCUT2D eigenvalue weighted by atomic mass is 10.2. The summed E-state index contributed by atoms with van der Waals surface area (Å²) in [6, 6.07) is 5.30. The van der Waals surface area contributed by atoms with Crippen LogP contribution in [0.5, 0.6) is 11.5 Å². The fourth-order valence-corrected chi connectivity index (χ4v) is 1.26. The van der Waals surface area contributed by atoms with Crippen molar-refractivity contribution in [1.82, 2.24) is 0 Å². The van der Waals surface area contributed by atoms with E-state index in [0.29, 0.717) is 17.1 Å². The maximum atomic E-state index is 10.4. The summed E-state index contributed by atoms with van der Waals surface area (Å²) in [5.74, 6) is 1.12. The summed E-state index contributed by atoms with van der Waals surface area (Å²) in [5.41, 5.74) is -0.147. The third kappa shape index (κ3) is 3.02. The molecule has 82 valence electrons. The molecular weight excluding hydrogens is 220 g/mol. The van der Waals surface area contributed by atoms with E-state index in [1.165, 1.54) is 14.2 Å². The number of ether oxygens (including phenoxy) is 3. The van der Waals surface area contributed by atoms with Crippen LogP contribution in [0, 0.1) is 0 Å². The van der Waals surface area contributed by atoms with Gasteiger partial charge in [-0.3, -0.25) is 0 Å². The first-order chi connectivity index (χ1) is 7.19. The van der Waals surface area contributed by atoms with Crippen LogP contribution in [0.4, 0.5) is 4.79 Å². The van der Waals surface area contributed by atoms with E-state index in [0.717, 1.165) is 0 Å². The Hall–Kier alpha value is -1.42. The normalized spacial score (nSPS) is 9.53. The number of halogens is 1. The second-order valence-electron chi connectivity index (χ2n) is 2.68. The fourth-order valence-electron chi connectivity index (χ4n) is 1.20. The first kappa shape index (κ1) is 11.7. The van der Waals surface area contributed by atoms with Crippen molar-refractivity contribution in [2.24, 2.45) is 0 Å². The molecule has 1 aromatic carbocycles. The van der Waals surface area contributed by atoms with Crippen LogP contribution >= 0.6 is 11.6 Å². The highest BCUT2D eigenvalue weighted by Crippen LogP contribution is 2.31. The summed E-state index contributed by atoms with van der Waals surface area (Å²) in [4.78, 5) is 10.4. The van der Waals surface area contributed by atoms with Crippen molar-refractivity contribution < 1.29 is 19.0 Å².